The van der Waals surface area contributed by atoms with E-state index in [1.54, 1.807) is 16.8 Å². The van der Waals surface area contributed by atoms with Crippen LogP contribution >= 0.6 is 23.2 Å². The average Bonchev–Trinajstić information content (AvgIpc) is 3.03. The summed E-state index contributed by atoms with van der Waals surface area (Å²) in [6.45, 7) is 0.751. The first-order chi connectivity index (χ1) is 12.6. The highest BCUT2D eigenvalue weighted by molar-refractivity contribution is 6.31. The molecule has 8 heteroatoms. The van der Waals surface area contributed by atoms with Gasteiger partial charge >= 0.3 is 0 Å². The number of hydrogen-bond donors (Lipinski definition) is 0. The molecule has 2 aromatic carbocycles. The molecule has 6 nitrogen and oxygen atoms in total. The smallest absolute Gasteiger partial charge is 0.283 e. The first kappa shape index (κ1) is 16.8. The lowest BCUT2D eigenvalue weighted by molar-refractivity contribution is 0.663. The van der Waals surface area contributed by atoms with Crippen LogP contribution in [0.5, 0.6) is 0 Å². The second-order valence-electron chi connectivity index (χ2n) is 5.82. The minimum Gasteiger partial charge on any atom is -0.293 e. The van der Waals surface area contributed by atoms with E-state index in [1.165, 1.54) is 10.9 Å². The van der Waals surface area contributed by atoms with Gasteiger partial charge in [0, 0.05) is 10.0 Å². The number of fused-ring (bicyclic) bond motifs is 1. The summed E-state index contributed by atoms with van der Waals surface area (Å²) in [4.78, 5) is 17.1. The van der Waals surface area contributed by atoms with Gasteiger partial charge in [0.1, 0.15) is 6.33 Å². The Bertz CT molecular complexity index is 1150. The summed E-state index contributed by atoms with van der Waals surface area (Å²) in [5, 5.41) is 9.33. The Kier molecular flexibility index (Phi) is 4.44. The molecule has 0 aliphatic rings. The predicted molar refractivity (Wildman–Crippen MR) is 101 cm³/mol. The fourth-order valence-corrected chi connectivity index (χ4v) is 3.13. The summed E-state index contributed by atoms with van der Waals surface area (Å²) in [6, 6.07) is 14.8. The molecule has 0 atom stereocenters. The summed E-state index contributed by atoms with van der Waals surface area (Å²) in [6.07, 6.45) is 1.50. The van der Waals surface area contributed by atoms with E-state index >= 15 is 0 Å². The monoisotopic (exact) mass is 385 g/mol. The van der Waals surface area contributed by atoms with Gasteiger partial charge in [-0.3, -0.25) is 9.36 Å². The van der Waals surface area contributed by atoms with Crippen molar-refractivity contribution in [3.63, 3.8) is 0 Å². The quantitative estimate of drug-likeness (QED) is 0.539. The fourth-order valence-electron chi connectivity index (χ4n) is 2.73. The second kappa shape index (κ2) is 6.90. The van der Waals surface area contributed by atoms with Gasteiger partial charge in [0.15, 0.2) is 11.2 Å². The molecule has 2 aromatic heterocycles. The van der Waals surface area contributed by atoms with Gasteiger partial charge in [0.2, 0.25) is 0 Å². The zero-order valence-corrected chi connectivity index (χ0v) is 15.0. The fraction of sp³-hybridized carbons (Fsp3) is 0.111. The molecule has 4 aromatic rings. The SMILES string of the molecule is O=c1c2nnn(Cc3ccccc3Cl)c2ncn1Cc1cccc(Cl)c1. The zero-order valence-electron chi connectivity index (χ0n) is 13.5. The Hall–Kier alpha value is -2.70. The average molecular weight is 386 g/mol. The molecule has 0 amide bonds. The highest BCUT2D eigenvalue weighted by atomic mass is 35.5. The Morgan fingerprint density at radius 3 is 2.65 bits per heavy atom. The molecule has 130 valence electrons. The molecule has 2 heterocycles. The van der Waals surface area contributed by atoms with E-state index in [0.717, 1.165) is 11.1 Å². The maximum absolute atomic E-state index is 12.7. The molecule has 0 saturated heterocycles. The molecule has 0 aliphatic heterocycles. The van der Waals surface area contributed by atoms with Crippen molar-refractivity contribution in [3.8, 4) is 0 Å². The van der Waals surface area contributed by atoms with Crippen molar-refractivity contribution in [3.05, 3.63) is 86.4 Å². The standard InChI is InChI=1S/C18H13Cl2N5O/c19-14-6-3-4-12(8-14)9-24-11-21-17-16(18(24)26)22-23-25(17)10-13-5-1-2-7-15(13)20/h1-8,11H,9-10H2. The van der Waals surface area contributed by atoms with Gasteiger partial charge in [-0.15, -0.1) is 5.10 Å². The molecule has 26 heavy (non-hydrogen) atoms. The molecule has 0 spiro atoms. The third kappa shape index (κ3) is 3.21. The molecule has 0 bridgehead atoms. The predicted octanol–water partition coefficient (Wildman–Crippen LogP) is 3.39. The molecule has 0 saturated carbocycles. The summed E-state index contributed by atoms with van der Waals surface area (Å²) < 4.78 is 3.06. The molecule has 0 N–H and O–H groups in total. The number of nitrogens with zero attached hydrogens (tertiary/aromatic N) is 5. The summed E-state index contributed by atoms with van der Waals surface area (Å²) in [5.41, 5.74) is 2.19. The molecule has 0 fully saturated rings. The van der Waals surface area contributed by atoms with Crippen LogP contribution in [0.1, 0.15) is 11.1 Å². The lowest BCUT2D eigenvalue weighted by Crippen LogP contribution is -2.21. The first-order valence-electron chi connectivity index (χ1n) is 7.88. The van der Waals surface area contributed by atoms with Crippen molar-refractivity contribution >= 4 is 34.4 Å². The number of hydrogen-bond acceptors (Lipinski definition) is 4. The zero-order chi connectivity index (χ0) is 18.1. The normalized spacial score (nSPS) is 11.2. The van der Waals surface area contributed by atoms with Crippen molar-refractivity contribution < 1.29 is 0 Å². The van der Waals surface area contributed by atoms with Crippen molar-refractivity contribution in [2.75, 3.05) is 0 Å². The largest absolute Gasteiger partial charge is 0.293 e. The molecule has 4 rings (SSSR count). The van der Waals surface area contributed by atoms with Crippen LogP contribution < -0.4 is 5.56 Å². The van der Waals surface area contributed by atoms with Gasteiger partial charge in [0.25, 0.3) is 5.56 Å². The van der Waals surface area contributed by atoms with Crippen molar-refractivity contribution in [2.45, 2.75) is 13.1 Å². The van der Waals surface area contributed by atoms with E-state index in [-0.39, 0.29) is 11.1 Å². The number of rotatable bonds is 4. The van der Waals surface area contributed by atoms with E-state index < -0.39 is 0 Å². The Labute approximate surface area is 158 Å². The van der Waals surface area contributed by atoms with Crippen LogP contribution in [-0.4, -0.2) is 24.5 Å². The third-order valence-corrected chi connectivity index (χ3v) is 4.62. The van der Waals surface area contributed by atoms with Crippen LogP contribution in [0.4, 0.5) is 0 Å². The first-order valence-corrected chi connectivity index (χ1v) is 8.64. The second-order valence-corrected chi connectivity index (χ2v) is 6.66. The van der Waals surface area contributed by atoms with Gasteiger partial charge < -0.3 is 0 Å². The molecule has 0 unspecified atom stereocenters. The Balaban J connectivity index is 1.69. The highest BCUT2D eigenvalue weighted by Gasteiger charge is 2.13. The topological polar surface area (TPSA) is 65.6 Å². The van der Waals surface area contributed by atoms with Crippen molar-refractivity contribution in [1.29, 1.82) is 0 Å². The highest BCUT2D eigenvalue weighted by Crippen LogP contribution is 2.17. The summed E-state index contributed by atoms with van der Waals surface area (Å²) in [5.74, 6) is 0. The maximum Gasteiger partial charge on any atom is 0.283 e. The lowest BCUT2D eigenvalue weighted by atomic mass is 10.2. The van der Waals surface area contributed by atoms with Crippen LogP contribution in [0.3, 0.4) is 0 Å². The van der Waals surface area contributed by atoms with Gasteiger partial charge in [-0.2, -0.15) is 0 Å². The van der Waals surface area contributed by atoms with Crippen molar-refractivity contribution in [2.24, 2.45) is 0 Å². The Morgan fingerprint density at radius 2 is 1.85 bits per heavy atom. The van der Waals surface area contributed by atoms with Crippen LogP contribution in [-0.2, 0) is 13.1 Å². The van der Waals surface area contributed by atoms with Crippen LogP contribution in [0.15, 0.2) is 59.7 Å². The maximum atomic E-state index is 12.7. The minimum absolute atomic E-state index is 0.224. The van der Waals surface area contributed by atoms with E-state index in [4.69, 9.17) is 23.2 Å². The van der Waals surface area contributed by atoms with E-state index in [0.29, 0.717) is 28.8 Å². The molecule has 0 radical (unpaired) electrons. The Morgan fingerprint density at radius 1 is 1.00 bits per heavy atom. The lowest BCUT2D eigenvalue weighted by Gasteiger charge is -2.07. The van der Waals surface area contributed by atoms with Crippen LogP contribution in [0, 0.1) is 0 Å². The van der Waals surface area contributed by atoms with E-state index in [9.17, 15) is 4.79 Å². The number of benzene rings is 2. The van der Waals surface area contributed by atoms with Gasteiger partial charge in [-0.1, -0.05) is 58.7 Å². The van der Waals surface area contributed by atoms with Gasteiger partial charge in [0.05, 0.1) is 13.1 Å². The summed E-state index contributed by atoms with van der Waals surface area (Å²) in [7, 11) is 0. The van der Waals surface area contributed by atoms with Crippen molar-refractivity contribution in [1.82, 2.24) is 24.5 Å². The van der Waals surface area contributed by atoms with Gasteiger partial charge in [-0.05, 0) is 29.3 Å². The number of aromatic nitrogens is 5. The minimum atomic E-state index is -0.250. The third-order valence-electron chi connectivity index (χ3n) is 4.01. The molecular weight excluding hydrogens is 373 g/mol. The molecule has 0 aliphatic carbocycles. The van der Waals surface area contributed by atoms with E-state index in [1.807, 2.05) is 36.4 Å². The van der Waals surface area contributed by atoms with Gasteiger partial charge in [-0.25, -0.2) is 9.67 Å². The molecular formula is C18H13Cl2N5O. The van der Waals surface area contributed by atoms with Crippen LogP contribution in [0.25, 0.3) is 11.2 Å². The van der Waals surface area contributed by atoms with Crippen LogP contribution in [0.2, 0.25) is 10.0 Å². The van der Waals surface area contributed by atoms with E-state index in [2.05, 4.69) is 15.3 Å². The number of halogens is 2. The summed E-state index contributed by atoms with van der Waals surface area (Å²) >= 11 is 12.2.